The molecule has 4 heterocycles. The second-order valence-electron chi connectivity index (χ2n) is 14.8. The van der Waals surface area contributed by atoms with Crippen LogP contribution in [0.4, 0.5) is 16.2 Å². The third kappa shape index (κ3) is 7.76. The van der Waals surface area contributed by atoms with Gasteiger partial charge in [0.2, 0.25) is 11.8 Å². The molecule has 2 aromatic carbocycles. The summed E-state index contributed by atoms with van der Waals surface area (Å²) in [5.74, 6) is -2.52. The van der Waals surface area contributed by atoms with E-state index in [1.54, 1.807) is 4.90 Å². The summed E-state index contributed by atoms with van der Waals surface area (Å²) < 4.78 is 12.0. The summed E-state index contributed by atoms with van der Waals surface area (Å²) in [7, 11) is 4.18. The molecule has 0 radical (unpaired) electrons. The molecule has 6 atom stereocenters. The molecule has 6 rings (SSSR count). The predicted octanol–water partition coefficient (Wildman–Crippen LogP) is 3.05. The van der Waals surface area contributed by atoms with E-state index in [-0.39, 0.29) is 55.1 Å². The number of aliphatic hydroxyl groups is 1. The molecule has 0 saturated carbocycles. The molecule has 0 aliphatic carbocycles. The number of esters is 1. The number of likely N-dealkylation sites (tertiary alicyclic amines) is 1. The molecule has 3 fully saturated rings. The lowest BCUT2D eigenvalue weighted by Gasteiger charge is -2.46. The number of aliphatic hydroxyl groups excluding tert-OH is 1. The molecule has 288 valence electrons. The molecule has 0 aromatic heterocycles. The number of ether oxygens (including phenoxy) is 2. The van der Waals surface area contributed by atoms with Gasteiger partial charge in [0.25, 0.3) is 11.4 Å². The average Bonchev–Trinajstić information content (AvgIpc) is 3.66. The normalized spacial score (nSPS) is 25.2. The molecular weight excluding hydrogens is 724 g/mol. The van der Waals surface area contributed by atoms with Crippen molar-refractivity contribution in [1.82, 2.24) is 14.7 Å². The minimum absolute atomic E-state index is 0.0411. The summed E-state index contributed by atoms with van der Waals surface area (Å²) in [5, 5.41) is 32.2. The van der Waals surface area contributed by atoms with Gasteiger partial charge in [-0.2, -0.15) is 0 Å². The van der Waals surface area contributed by atoms with Gasteiger partial charge in [-0.25, -0.2) is 9.59 Å². The lowest BCUT2D eigenvalue weighted by molar-refractivity contribution is -0.894. The van der Waals surface area contributed by atoms with Crippen LogP contribution >= 0.6 is 11.8 Å². The van der Waals surface area contributed by atoms with Crippen LogP contribution in [0.1, 0.15) is 31.4 Å². The number of nitro groups is 2. The lowest BCUT2D eigenvalue weighted by Crippen LogP contribution is -2.63. The van der Waals surface area contributed by atoms with Gasteiger partial charge in [0.15, 0.2) is 0 Å². The zero-order valence-corrected chi connectivity index (χ0v) is 31.2. The quantitative estimate of drug-likeness (QED) is 0.115. The van der Waals surface area contributed by atoms with Gasteiger partial charge in [-0.05, 0) is 48.7 Å². The van der Waals surface area contributed by atoms with Gasteiger partial charge < -0.3 is 28.9 Å². The van der Waals surface area contributed by atoms with Crippen LogP contribution in [-0.2, 0) is 37.1 Å². The van der Waals surface area contributed by atoms with Crippen molar-refractivity contribution in [3.8, 4) is 0 Å². The highest BCUT2D eigenvalue weighted by Gasteiger charge is 2.60. The maximum absolute atomic E-state index is 14.1. The van der Waals surface area contributed by atoms with Crippen LogP contribution in [0.15, 0.2) is 59.1 Å². The molecule has 4 aliphatic heterocycles. The molecule has 0 bridgehead atoms. The number of carbonyl (C=O) groups excluding carboxylic acids is 4. The Kier molecular flexibility index (Phi) is 11.0. The third-order valence-corrected chi connectivity index (χ3v) is 12.2. The standard InChI is InChI=1S/C36H43N6O11S/c1-21-30-29(22(2)43)34(45)39(30)31(35(46)52-19-23-5-9-25(10-6-23)40(48)49)32(21)54-27-17-28(33(44)37-13-15-42(3,4)16-14-37)38(18-27)36(47)53-20-24-7-11-26(12-8-24)41(50)51/h5-12,21-22,27-30,43H,13-20H2,1-4H3/q+1/t21-,22-,27+,28+,29-,30-/m1/s1. The van der Waals surface area contributed by atoms with Crippen LogP contribution in [0.25, 0.3) is 0 Å². The molecular formula is C36H43N6O11S+. The number of thioether (sulfide) groups is 1. The number of non-ortho nitro benzene ring substituents is 2. The van der Waals surface area contributed by atoms with Crippen molar-refractivity contribution in [2.45, 2.75) is 56.9 Å². The first-order valence-electron chi connectivity index (χ1n) is 17.7. The molecule has 54 heavy (non-hydrogen) atoms. The second-order valence-corrected chi connectivity index (χ2v) is 16.1. The van der Waals surface area contributed by atoms with Crippen LogP contribution in [0.5, 0.6) is 0 Å². The van der Waals surface area contributed by atoms with Gasteiger partial charge in [-0.1, -0.05) is 6.92 Å². The Morgan fingerprint density at radius 3 is 2.00 bits per heavy atom. The molecule has 3 amide bonds. The van der Waals surface area contributed by atoms with E-state index in [1.807, 2.05) is 6.92 Å². The number of rotatable bonds is 11. The number of nitro benzene ring substituents is 2. The van der Waals surface area contributed by atoms with Gasteiger partial charge in [-0.15, -0.1) is 11.8 Å². The molecule has 3 saturated heterocycles. The van der Waals surface area contributed by atoms with Gasteiger partial charge in [0.05, 0.1) is 68.2 Å². The van der Waals surface area contributed by atoms with E-state index in [9.17, 15) is 44.5 Å². The fourth-order valence-electron chi connectivity index (χ4n) is 7.48. The van der Waals surface area contributed by atoms with Crippen molar-refractivity contribution < 1.29 is 48.1 Å². The Hall–Kier alpha value is -5.07. The number of amides is 3. The summed E-state index contributed by atoms with van der Waals surface area (Å²) in [6.07, 6.45) is -1.46. The number of hydrogen-bond acceptors (Lipinski definition) is 12. The molecule has 17 nitrogen and oxygen atoms in total. The Balaban J connectivity index is 1.23. The van der Waals surface area contributed by atoms with E-state index < -0.39 is 57.2 Å². The summed E-state index contributed by atoms with van der Waals surface area (Å²) in [4.78, 5) is 81.0. The van der Waals surface area contributed by atoms with Crippen molar-refractivity contribution in [3.05, 3.63) is 90.5 Å². The number of carbonyl (C=O) groups is 4. The summed E-state index contributed by atoms with van der Waals surface area (Å²) in [6.45, 7) is 5.61. The largest absolute Gasteiger partial charge is 0.456 e. The minimum atomic E-state index is -0.967. The zero-order valence-electron chi connectivity index (χ0n) is 30.4. The molecule has 0 unspecified atom stereocenters. The van der Waals surface area contributed by atoms with Gasteiger partial charge in [0.1, 0.15) is 25.0 Å². The van der Waals surface area contributed by atoms with Crippen molar-refractivity contribution in [1.29, 1.82) is 0 Å². The Bertz CT molecular complexity index is 1860. The van der Waals surface area contributed by atoms with Crippen molar-refractivity contribution in [2.75, 3.05) is 46.8 Å². The smallest absolute Gasteiger partial charge is 0.410 e. The van der Waals surface area contributed by atoms with E-state index in [1.165, 1.54) is 77.0 Å². The van der Waals surface area contributed by atoms with Crippen molar-refractivity contribution >= 4 is 47.0 Å². The summed E-state index contributed by atoms with van der Waals surface area (Å²) in [5.41, 5.74) is 0.856. The van der Waals surface area contributed by atoms with Gasteiger partial charge in [-0.3, -0.25) is 34.7 Å². The maximum Gasteiger partial charge on any atom is 0.410 e. The van der Waals surface area contributed by atoms with E-state index in [0.29, 0.717) is 29.1 Å². The van der Waals surface area contributed by atoms with Crippen molar-refractivity contribution in [3.63, 3.8) is 0 Å². The monoisotopic (exact) mass is 767 g/mol. The van der Waals surface area contributed by atoms with Gasteiger partial charge >= 0.3 is 12.1 Å². The van der Waals surface area contributed by atoms with E-state index in [2.05, 4.69) is 14.1 Å². The van der Waals surface area contributed by atoms with E-state index >= 15 is 0 Å². The Morgan fingerprint density at radius 1 is 0.944 bits per heavy atom. The number of nitrogens with zero attached hydrogens (tertiary/aromatic N) is 6. The first-order valence-corrected chi connectivity index (χ1v) is 18.5. The highest BCUT2D eigenvalue weighted by atomic mass is 32.2. The number of β-lactam (4-membered cyclic amide) rings is 1. The number of hydrogen-bond donors (Lipinski definition) is 1. The maximum atomic E-state index is 14.1. The van der Waals surface area contributed by atoms with E-state index in [4.69, 9.17) is 9.47 Å². The summed E-state index contributed by atoms with van der Waals surface area (Å²) >= 11 is 1.30. The number of piperazine rings is 1. The molecule has 2 aromatic rings. The number of benzene rings is 2. The molecule has 1 N–H and O–H groups in total. The Morgan fingerprint density at radius 2 is 1.48 bits per heavy atom. The summed E-state index contributed by atoms with van der Waals surface area (Å²) in [6, 6.07) is 9.80. The van der Waals surface area contributed by atoms with E-state index in [0.717, 1.165) is 17.6 Å². The average molecular weight is 768 g/mol. The van der Waals surface area contributed by atoms with Gasteiger partial charge in [0, 0.05) is 46.9 Å². The Labute approximate surface area is 315 Å². The SMILES string of the molecule is C[C@@H](O)[C@H]1C(=O)N2C(C(=O)OCc3ccc([N+](=O)[O-])cc3)=C(S[C@H]3C[C@@H](C(=O)N4CC[N+](C)(C)CC4)N(C(=O)OCc4ccc([N+](=O)[O-])cc4)C3)[C@H](C)[C@H]12. The van der Waals surface area contributed by atoms with Crippen molar-refractivity contribution in [2.24, 2.45) is 11.8 Å². The number of quaternary nitrogens is 1. The molecule has 4 aliphatic rings. The number of likely N-dealkylation sites (N-methyl/N-ethyl adjacent to an activating group) is 1. The zero-order chi connectivity index (χ0) is 39.1. The first kappa shape index (κ1) is 38.6. The lowest BCUT2D eigenvalue weighted by atomic mass is 9.79. The highest BCUT2D eigenvalue weighted by molar-refractivity contribution is 8.03. The van der Waals surface area contributed by atoms with Crippen LogP contribution in [0.3, 0.4) is 0 Å². The molecule has 0 spiro atoms. The first-order chi connectivity index (χ1) is 25.6. The van der Waals surface area contributed by atoms with Crippen LogP contribution in [-0.4, -0.2) is 128 Å². The fourth-order valence-corrected chi connectivity index (χ4v) is 9.00. The fraction of sp³-hybridized carbons (Fsp3) is 0.500. The minimum Gasteiger partial charge on any atom is -0.456 e. The topological polar surface area (TPSA) is 203 Å². The molecule has 18 heteroatoms. The van der Waals surface area contributed by atoms with Crippen LogP contribution < -0.4 is 0 Å². The predicted molar refractivity (Wildman–Crippen MR) is 193 cm³/mol. The third-order valence-electron chi connectivity index (χ3n) is 10.7. The van der Waals surface area contributed by atoms with Crippen LogP contribution in [0, 0.1) is 32.1 Å². The number of fused-ring (bicyclic) bond motifs is 1. The van der Waals surface area contributed by atoms with Crippen LogP contribution in [0.2, 0.25) is 0 Å². The second kappa shape index (κ2) is 15.3. The highest BCUT2D eigenvalue weighted by Crippen LogP contribution is 2.52.